The smallest absolute Gasteiger partial charge is 0.159 e. The second-order valence-electron chi connectivity index (χ2n) is 10.6. The lowest BCUT2D eigenvalue weighted by molar-refractivity contribution is 0.491. The van der Waals surface area contributed by atoms with Crippen molar-refractivity contribution in [1.29, 1.82) is 0 Å². The van der Waals surface area contributed by atoms with Crippen molar-refractivity contribution in [3.63, 3.8) is 0 Å². The molecule has 1 aliphatic carbocycles. The summed E-state index contributed by atoms with van der Waals surface area (Å²) in [7, 11) is 0. The quantitative estimate of drug-likeness (QED) is 0.216. The van der Waals surface area contributed by atoms with Crippen LogP contribution in [0.2, 0.25) is 0 Å². The van der Waals surface area contributed by atoms with Gasteiger partial charge in [0, 0.05) is 52.5 Å². The first kappa shape index (κ1) is 25.0. The largest absolute Gasteiger partial charge is 0.236 e. The van der Waals surface area contributed by atoms with E-state index in [4.69, 9.17) is 0 Å². The van der Waals surface area contributed by atoms with Crippen molar-refractivity contribution >= 4 is 0 Å². The summed E-state index contributed by atoms with van der Waals surface area (Å²) >= 11 is 0. The number of rotatable bonds is 6. The minimum Gasteiger partial charge on any atom is -0.236 e. The molecule has 0 unspecified atom stereocenters. The van der Waals surface area contributed by atoms with Gasteiger partial charge >= 0.3 is 0 Å². The third-order valence-electron chi connectivity index (χ3n) is 8.60. The van der Waals surface area contributed by atoms with Crippen molar-refractivity contribution in [3.8, 4) is 56.2 Å². The van der Waals surface area contributed by atoms with E-state index in [-0.39, 0.29) is 5.41 Å². The lowest BCUT2D eigenvalue weighted by atomic mass is 9.73. The third kappa shape index (κ3) is 4.23. The highest BCUT2D eigenvalue weighted by atomic mass is 14.9. The van der Waals surface area contributed by atoms with E-state index in [9.17, 15) is 0 Å². The van der Waals surface area contributed by atoms with Gasteiger partial charge in [-0.05, 0) is 58.4 Å². The van der Waals surface area contributed by atoms with Crippen molar-refractivity contribution in [2.45, 2.75) is 32.1 Å². The van der Waals surface area contributed by atoms with Crippen molar-refractivity contribution in [1.82, 2.24) is 19.9 Å². The molecule has 7 rings (SSSR count). The maximum atomic E-state index is 4.68. The van der Waals surface area contributed by atoms with E-state index in [0.29, 0.717) is 0 Å². The molecule has 0 radical (unpaired) electrons. The molecule has 0 saturated heterocycles. The average Bonchev–Trinajstić information content (AvgIpc) is 3.34. The van der Waals surface area contributed by atoms with E-state index in [0.717, 1.165) is 57.9 Å². The Morgan fingerprint density at radius 1 is 0.439 bits per heavy atom. The van der Waals surface area contributed by atoms with E-state index >= 15 is 0 Å². The Morgan fingerprint density at radius 3 is 1.20 bits per heavy atom. The van der Waals surface area contributed by atoms with Crippen LogP contribution in [0.5, 0.6) is 0 Å². The molecular formula is C37H30N4. The van der Waals surface area contributed by atoms with E-state index in [1.54, 1.807) is 0 Å². The zero-order valence-corrected chi connectivity index (χ0v) is 23.3. The Labute approximate surface area is 240 Å². The van der Waals surface area contributed by atoms with Gasteiger partial charge in [-0.2, -0.15) is 0 Å². The number of fused-ring (bicyclic) bond motifs is 3. The molecule has 0 amide bonds. The normalized spacial score (nSPS) is 13.0. The molecule has 41 heavy (non-hydrogen) atoms. The Hall–Kier alpha value is -4.96. The van der Waals surface area contributed by atoms with Crippen molar-refractivity contribution < 1.29 is 0 Å². The van der Waals surface area contributed by atoms with Gasteiger partial charge < -0.3 is 0 Å². The van der Waals surface area contributed by atoms with Crippen LogP contribution in [-0.2, 0) is 5.41 Å². The van der Waals surface area contributed by atoms with Crippen molar-refractivity contribution in [2.24, 2.45) is 0 Å². The third-order valence-corrected chi connectivity index (χ3v) is 8.60. The molecule has 0 atom stereocenters. The Kier molecular flexibility index (Phi) is 6.24. The minimum absolute atomic E-state index is 0.0631. The summed E-state index contributed by atoms with van der Waals surface area (Å²) < 4.78 is 0. The van der Waals surface area contributed by atoms with Crippen LogP contribution in [-0.4, -0.2) is 19.9 Å². The topological polar surface area (TPSA) is 51.6 Å². The first-order chi connectivity index (χ1) is 20.2. The zero-order valence-electron chi connectivity index (χ0n) is 23.3. The number of hydrogen-bond acceptors (Lipinski definition) is 4. The highest BCUT2D eigenvalue weighted by molar-refractivity contribution is 5.86. The first-order valence-electron chi connectivity index (χ1n) is 14.3. The van der Waals surface area contributed by atoms with Crippen LogP contribution in [0.15, 0.2) is 122 Å². The monoisotopic (exact) mass is 530 g/mol. The van der Waals surface area contributed by atoms with Gasteiger partial charge in [0.1, 0.15) is 0 Å². The molecule has 0 fully saturated rings. The molecular weight excluding hydrogens is 500 g/mol. The summed E-state index contributed by atoms with van der Waals surface area (Å²) in [6.07, 6.45) is 9.80. The molecule has 0 N–H and O–H groups in total. The number of benzene rings is 4. The molecule has 6 aromatic rings. The van der Waals surface area contributed by atoms with Gasteiger partial charge in [-0.1, -0.05) is 98.8 Å². The maximum absolute atomic E-state index is 4.68. The van der Waals surface area contributed by atoms with Crippen LogP contribution >= 0.6 is 0 Å². The van der Waals surface area contributed by atoms with Crippen LogP contribution in [0.25, 0.3) is 56.2 Å². The van der Waals surface area contributed by atoms with E-state index in [1.807, 2.05) is 85.5 Å². The lowest BCUT2D eigenvalue weighted by Gasteiger charge is -2.30. The number of hydrogen-bond donors (Lipinski definition) is 0. The molecule has 0 aliphatic heterocycles. The fourth-order valence-corrected chi connectivity index (χ4v) is 6.29. The standard InChI is InChI=1S/C37H30N4/c1-3-37(4-2)33-19-27(29-21-38-35(39-22-29)25-11-7-5-8-12-25)15-17-31(33)32-18-16-28(20-34(32)37)30-23-40-36(41-24-30)26-13-9-6-10-14-26/h5-24H,3-4H2,1-2H3. The summed E-state index contributed by atoms with van der Waals surface area (Å²) in [6, 6.07) is 33.9. The van der Waals surface area contributed by atoms with Crippen LogP contribution in [0, 0.1) is 0 Å². The number of aromatic nitrogens is 4. The second kappa shape index (κ2) is 10.2. The fourth-order valence-electron chi connectivity index (χ4n) is 6.29. The molecule has 4 heteroatoms. The highest BCUT2D eigenvalue weighted by Gasteiger charge is 2.40. The molecule has 4 aromatic carbocycles. The molecule has 0 saturated carbocycles. The van der Waals surface area contributed by atoms with Gasteiger partial charge in [-0.15, -0.1) is 0 Å². The van der Waals surface area contributed by atoms with E-state index in [1.165, 1.54) is 22.3 Å². The van der Waals surface area contributed by atoms with Gasteiger partial charge in [0.25, 0.3) is 0 Å². The molecule has 0 bridgehead atoms. The van der Waals surface area contributed by atoms with Crippen molar-refractivity contribution in [3.05, 3.63) is 133 Å². The van der Waals surface area contributed by atoms with Crippen LogP contribution in [0.4, 0.5) is 0 Å². The molecule has 4 nitrogen and oxygen atoms in total. The summed E-state index contributed by atoms with van der Waals surface area (Å²) in [5.41, 5.74) is 11.7. The number of nitrogens with zero attached hydrogens (tertiary/aromatic N) is 4. The Bertz CT molecular complexity index is 1690. The lowest BCUT2D eigenvalue weighted by Crippen LogP contribution is -2.23. The highest BCUT2D eigenvalue weighted by Crippen LogP contribution is 2.54. The van der Waals surface area contributed by atoms with Gasteiger partial charge in [-0.25, -0.2) is 19.9 Å². The molecule has 2 heterocycles. The molecule has 0 spiro atoms. The predicted octanol–water partition coefficient (Wildman–Crippen LogP) is 9.02. The fraction of sp³-hybridized carbons (Fsp3) is 0.135. The Morgan fingerprint density at radius 2 is 0.829 bits per heavy atom. The van der Waals surface area contributed by atoms with Crippen molar-refractivity contribution in [2.75, 3.05) is 0 Å². The Balaban J connectivity index is 1.25. The summed E-state index contributed by atoms with van der Waals surface area (Å²) in [4.78, 5) is 18.7. The molecule has 1 aliphatic rings. The van der Waals surface area contributed by atoms with Gasteiger partial charge in [0.05, 0.1) is 0 Å². The first-order valence-corrected chi connectivity index (χ1v) is 14.3. The minimum atomic E-state index is -0.0631. The van der Waals surface area contributed by atoms with Crippen LogP contribution in [0.3, 0.4) is 0 Å². The zero-order chi connectivity index (χ0) is 27.8. The van der Waals surface area contributed by atoms with Gasteiger partial charge in [0.2, 0.25) is 0 Å². The van der Waals surface area contributed by atoms with Gasteiger partial charge in [0.15, 0.2) is 11.6 Å². The van der Waals surface area contributed by atoms with E-state index in [2.05, 4.69) is 70.2 Å². The maximum Gasteiger partial charge on any atom is 0.159 e. The summed E-state index contributed by atoms with van der Waals surface area (Å²) in [6.45, 7) is 4.61. The average molecular weight is 531 g/mol. The van der Waals surface area contributed by atoms with E-state index < -0.39 is 0 Å². The summed E-state index contributed by atoms with van der Waals surface area (Å²) in [5.74, 6) is 1.49. The second-order valence-corrected chi connectivity index (χ2v) is 10.6. The van der Waals surface area contributed by atoms with Crippen LogP contribution in [0.1, 0.15) is 37.8 Å². The molecule has 198 valence electrons. The molecule has 2 aromatic heterocycles. The SMILES string of the molecule is CCC1(CC)c2cc(-c3cnc(-c4ccccc4)nc3)ccc2-c2ccc(-c3cnc(-c4ccccc4)nc3)cc21. The van der Waals surface area contributed by atoms with Crippen LogP contribution < -0.4 is 0 Å². The predicted molar refractivity (Wildman–Crippen MR) is 166 cm³/mol. The summed E-state index contributed by atoms with van der Waals surface area (Å²) in [5, 5.41) is 0. The van der Waals surface area contributed by atoms with Gasteiger partial charge in [-0.3, -0.25) is 0 Å².